The lowest BCUT2D eigenvalue weighted by Gasteiger charge is -2.12. The first-order chi connectivity index (χ1) is 12.2. The van der Waals surface area contributed by atoms with Crippen molar-refractivity contribution in [3.63, 3.8) is 0 Å². The molecule has 0 radical (unpaired) electrons. The van der Waals surface area contributed by atoms with Crippen LogP contribution in [0.3, 0.4) is 0 Å². The molecule has 0 bridgehead atoms. The standard InChI is InChI=1S/C20H26FN3O.HI/c1-22-20(24-15-13-17-5-9-18(21)10-6-17)23-14-3-4-16-7-11-19(25-2)12-8-16;/h5-12H,3-4,13-15H2,1-2H3,(H2,22,23,24);1H. The lowest BCUT2D eigenvalue weighted by molar-refractivity contribution is 0.414. The predicted octanol–water partition coefficient (Wildman–Crippen LogP) is 3.79. The van der Waals surface area contributed by atoms with Gasteiger partial charge in [0, 0.05) is 20.1 Å². The van der Waals surface area contributed by atoms with Gasteiger partial charge in [-0.2, -0.15) is 0 Å². The van der Waals surface area contributed by atoms with Gasteiger partial charge < -0.3 is 15.4 Å². The highest BCUT2D eigenvalue weighted by molar-refractivity contribution is 14.0. The molecular weight excluding hydrogens is 444 g/mol. The van der Waals surface area contributed by atoms with Crippen LogP contribution in [0.15, 0.2) is 53.5 Å². The van der Waals surface area contributed by atoms with Crippen LogP contribution in [0.2, 0.25) is 0 Å². The summed E-state index contributed by atoms with van der Waals surface area (Å²) in [6.45, 7) is 1.60. The molecule has 0 fully saturated rings. The second-order valence-corrected chi connectivity index (χ2v) is 5.75. The van der Waals surface area contributed by atoms with Crippen molar-refractivity contribution in [2.45, 2.75) is 19.3 Å². The van der Waals surface area contributed by atoms with Crippen molar-refractivity contribution < 1.29 is 9.13 Å². The first-order valence-electron chi connectivity index (χ1n) is 8.53. The van der Waals surface area contributed by atoms with Gasteiger partial charge in [0.15, 0.2) is 5.96 Å². The largest absolute Gasteiger partial charge is 0.497 e. The van der Waals surface area contributed by atoms with Gasteiger partial charge in [0.1, 0.15) is 11.6 Å². The summed E-state index contributed by atoms with van der Waals surface area (Å²) in [7, 11) is 3.43. The summed E-state index contributed by atoms with van der Waals surface area (Å²) in [4.78, 5) is 4.22. The second-order valence-electron chi connectivity index (χ2n) is 5.75. The molecule has 0 aliphatic rings. The Hall–Kier alpha value is -1.83. The Balaban J connectivity index is 0.00000338. The summed E-state index contributed by atoms with van der Waals surface area (Å²) in [5, 5.41) is 6.59. The topological polar surface area (TPSA) is 45.7 Å². The number of hydrogen-bond donors (Lipinski definition) is 2. The summed E-state index contributed by atoms with van der Waals surface area (Å²) in [5.74, 6) is 1.47. The van der Waals surface area contributed by atoms with Crippen LogP contribution in [0.1, 0.15) is 17.5 Å². The van der Waals surface area contributed by atoms with E-state index in [1.807, 2.05) is 24.3 Å². The Morgan fingerprint density at radius 1 is 0.923 bits per heavy atom. The lowest BCUT2D eigenvalue weighted by Crippen LogP contribution is -2.38. The summed E-state index contributed by atoms with van der Waals surface area (Å²) >= 11 is 0. The summed E-state index contributed by atoms with van der Waals surface area (Å²) < 4.78 is 18.0. The van der Waals surface area contributed by atoms with E-state index in [2.05, 4.69) is 27.8 Å². The van der Waals surface area contributed by atoms with Gasteiger partial charge in [-0.1, -0.05) is 24.3 Å². The average molecular weight is 471 g/mol. The van der Waals surface area contributed by atoms with E-state index in [4.69, 9.17) is 4.74 Å². The third kappa shape index (κ3) is 8.03. The van der Waals surface area contributed by atoms with Crippen LogP contribution < -0.4 is 15.4 Å². The molecule has 0 saturated heterocycles. The van der Waals surface area contributed by atoms with Crippen LogP contribution in [0.5, 0.6) is 5.75 Å². The lowest BCUT2D eigenvalue weighted by atomic mass is 10.1. The molecule has 2 aromatic carbocycles. The van der Waals surface area contributed by atoms with Crippen molar-refractivity contribution in [3.05, 3.63) is 65.5 Å². The van der Waals surface area contributed by atoms with Gasteiger partial charge in [-0.25, -0.2) is 4.39 Å². The smallest absolute Gasteiger partial charge is 0.190 e. The maximum atomic E-state index is 12.9. The third-order valence-corrected chi connectivity index (χ3v) is 3.94. The Labute approximate surface area is 172 Å². The highest BCUT2D eigenvalue weighted by Gasteiger charge is 1.99. The first-order valence-corrected chi connectivity index (χ1v) is 8.53. The minimum Gasteiger partial charge on any atom is -0.497 e. The highest BCUT2D eigenvalue weighted by atomic mass is 127. The molecule has 2 rings (SSSR count). The van der Waals surface area contributed by atoms with E-state index in [9.17, 15) is 4.39 Å². The molecule has 0 spiro atoms. The average Bonchev–Trinajstić information content (AvgIpc) is 2.65. The quantitative estimate of drug-likeness (QED) is 0.267. The fourth-order valence-electron chi connectivity index (χ4n) is 2.49. The van der Waals surface area contributed by atoms with Crippen molar-refractivity contribution in [2.75, 3.05) is 27.2 Å². The van der Waals surface area contributed by atoms with Gasteiger partial charge in [-0.3, -0.25) is 4.99 Å². The monoisotopic (exact) mass is 471 g/mol. The van der Waals surface area contributed by atoms with Gasteiger partial charge in [-0.05, 0) is 54.7 Å². The van der Waals surface area contributed by atoms with E-state index < -0.39 is 0 Å². The van der Waals surface area contributed by atoms with E-state index in [1.54, 1.807) is 14.2 Å². The molecule has 6 heteroatoms. The summed E-state index contributed by atoms with van der Waals surface area (Å²) in [6.07, 6.45) is 2.85. The first kappa shape index (κ1) is 22.2. The molecule has 4 nitrogen and oxygen atoms in total. The van der Waals surface area contributed by atoms with Gasteiger partial charge in [-0.15, -0.1) is 24.0 Å². The van der Waals surface area contributed by atoms with E-state index in [-0.39, 0.29) is 29.8 Å². The number of benzene rings is 2. The Morgan fingerprint density at radius 2 is 1.50 bits per heavy atom. The van der Waals surface area contributed by atoms with Gasteiger partial charge in [0.25, 0.3) is 0 Å². The van der Waals surface area contributed by atoms with Crippen LogP contribution in [-0.2, 0) is 12.8 Å². The van der Waals surface area contributed by atoms with Crippen molar-refractivity contribution in [1.82, 2.24) is 10.6 Å². The number of aryl methyl sites for hydroxylation is 1. The van der Waals surface area contributed by atoms with Gasteiger partial charge in [0.2, 0.25) is 0 Å². The van der Waals surface area contributed by atoms with E-state index in [0.717, 1.165) is 49.6 Å². The van der Waals surface area contributed by atoms with Crippen molar-refractivity contribution in [3.8, 4) is 5.75 Å². The normalized spacial score (nSPS) is 10.8. The molecule has 142 valence electrons. The molecule has 26 heavy (non-hydrogen) atoms. The SMILES string of the molecule is CN=C(NCCCc1ccc(OC)cc1)NCCc1ccc(F)cc1.I. The highest BCUT2D eigenvalue weighted by Crippen LogP contribution is 2.12. The zero-order chi connectivity index (χ0) is 17.9. The molecule has 0 atom stereocenters. The van der Waals surface area contributed by atoms with Gasteiger partial charge >= 0.3 is 0 Å². The number of aliphatic imine (C=N–C) groups is 1. The number of nitrogens with one attached hydrogen (secondary N) is 2. The minimum atomic E-state index is -0.203. The molecule has 0 amide bonds. The van der Waals surface area contributed by atoms with E-state index in [1.165, 1.54) is 17.7 Å². The van der Waals surface area contributed by atoms with Gasteiger partial charge in [0.05, 0.1) is 7.11 Å². The Bertz CT molecular complexity index is 660. The van der Waals surface area contributed by atoms with Crippen LogP contribution in [-0.4, -0.2) is 33.2 Å². The Morgan fingerprint density at radius 3 is 2.12 bits per heavy atom. The summed E-state index contributed by atoms with van der Waals surface area (Å²) in [6, 6.07) is 14.7. The van der Waals surface area contributed by atoms with Crippen molar-refractivity contribution in [1.29, 1.82) is 0 Å². The molecule has 0 saturated carbocycles. The van der Waals surface area contributed by atoms with E-state index in [0.29, 0.717) is 0 Å². The number of halogens is 2. The maximum absolute atomic E-state index is 12.9. The van der Waals surface area contributed by atoms with Crippen LogP contribution in [0, 0.1) is 5.82 Å². The maximum Gasteiger partial charge on any atom is 0.190 e. The van der Waals surface area contributed by atoms with E-state index >= 15 is 0 Å². The van der Waals surface area contributed by atoms with Crippen LogP contribution >= 0.6 is 24.0 Å². The third-order valence-electron chi connectivity index (χ3n) is 3.94. The molecule has 0 unspecified atom stereocenters. The molecule has 0 aliphatic carbocycles. The van der Waals surface area contributed by atoms with Crippen LogP contribution in [0.4, 0.5) is 4.39 Å². The molecule has 0 heterocycles. The number of rotatable bonds is 8. The number of ether oxygens (including phenoxy) is 1. The second kappa shape index (κ2) is 12.5. The number of guanidine groups is 1. The number of nitrogens with zero attached hydrogens (tertiary/aromatic N) is 1. The Kier molecular flexibility index (Phi) is 10.7. The number of methoxy groups -OCH3 is 1. The van der Waals surface area contributed by atoms with Crippen molar-refractivity contribution >= 4 is 29.9 Å². The molecular formula is C20H27FIN3O. The molecule has 0 aromatic heterocycles. The van der Waals surface area contributed by atoms with Crippen molar-refractivity contribution in [2.24, 2.45) is 4.99 Å². The summed E-state index contributed by atoms with van der Waals surface area (Å²) in [5.41, 5.74) is 2.39. The zero-order valence-electron chi connectivity index (χ0n) is 15.3. The fourth-order valence-corrected chi connectivity index (χ4v) is 2.49. The molecule has 2 aromatic rings. The minimum absolute atomic E-state index is 0. The van der Waals surface area contributed by atoms with Crippen LogP contribution in [0.25, 0.3) is 0 Å². The fraction of sp³-hybridized carbons (Fsp3) is 0.350. The molecule has 0 aliphatic heterocycles. The predicted molar refractivity (Wildman–Crippen MR) is 116 cm³/mol. The molecule has 2 N–H and O–H groups in total. The number of hydrogen-bond acceptors (Lipinski definition) is 2. The zero-order valence-corrected chi connectivity index (χ0v) is 17.6.